The second-order valence-electron chi connectivity index (χ2n) is 4.72. The number of ether oxygens (including phenoxy) is 1. The standard InChI is InChI=1S/C15H11BrFN5O2/c16-13-6-10(17)4-5-14(13)24-8-15(23)19-11-2-1-3-12(7-11)22-9-18-20-21-22/h1-7,9H,8H2,(H,19,23). The van der Waals surface area contributed by atoms with Gasteiger partial charge in [0.05, 0.1) is 10.2 Å². The lowest BCUT2D eigenvalue weighted by molar-refractivity contribution is -0.118. The quantitative estimate of drug-likeness (QED) is 0.722. The van der Waals surface area contributed by atoms with Crippen LogP contribution in [0.4, 0.5) is 10.1 Å². The molecule has 2 aromatic carbocycles. The number of hydrogen-bond donors (Lipinski definition) is 1. The number of rotatable bonds is 5. The lowest BCUT2D eigenvalue weighted by Gasteiger charge is -2.09. The lowest BCUT2D eigenvalue weighted by atomic mass is 10.3. The normalized spacial score (nSPS) is 10.4. The molecule has 0 radical (unpaired) electrons. The number of anilines is 1. The first kappa shape index (κ1) is 16.1. The molecule has 1 N–H and O–H groups in total. The fourth-order valence-corrected chi connectivity index (χ4v) is 2.40. The summed E-state index contributed by atoms with van der Waals surface area (Å²) in [4.78, 5) is 12.0. The summed E-state index contributed by atoms with van der Waals surface area (Å²) in [6, 6.07) is 11.0. The van der Waals surface area contributed by atoms with Crippen molar-refractivity contribution in [2.75, 3.05) is 11.9 Å². The molecule has 0 aliphatic heterocycles. The first-order valence-electron chi connectivity index (χ1n) is 6.83. The number of tetrazole rings is 1. The predicted octanol–water partition coefficient (Wildman–Crippen LogP) is 2.58. The molecule has 0 spiro atoms. The molecule has 0 unspecified atom stereocenters. The van der Waals surface area contributed by atoms with Gasteiger partial charge in [-0.3, -0.25) is 4.79 Å². The van der Waals surface area contributed by atoms with Gasteiger partial charge in [-0.25, -0.2) is 9.07 Å². The number of carbonyl (C=O) groups is 1. The zero-order valence-electron chi connectivity index (χ0n) is 12.2. The van der Waals surface area contributed by atoms with Crippen LogP contribution in [-0.2, 0) is 4.79 Å². The topological polar surface area (TPSA) is 81.9 Å². The average molecular weight is 392 g/mol. The van der Waals surface area contributed by atoms with Gasteiger partial charge in [0.1, 0.15) is 17.9 Å². The summed E-state index contributed by atoms with van der Waals surface area (Å²) >= 11 is 3.18. The van der Waals surface area contributed by atoms with Crippen LogP contribution in [0.1, 0.15) is 0 Å². The molecular weight excluding hydrogens is 381 g/mol. The van der Waals surface area contributed by atoms with Crippen LogP contribution in [0, 0.1) is 5.82 Å². The van der Waals surface area contributed by atoms with Crippen molar-refractivity contribution in [2.24, 2.45) is 0 Å². The molecule has 1 aromatic heterocycles. The molecule has 0 bridgehead atoms. The van der Waals surface area contributed by atoms with Gasteiger partial charge in [0.15, 0.2) is 6.61 Å². The van der Waals surface area contributed by atoms with Crippen LogP contribution in [0.25, 0.3) is 5.69 Å². The molecule has 1 heterocycles. The van der Waals surface area contributed by atoms with E-state index in [0.717, 1.165) is 0 Å². The van der Waals surface area contributed by atoms with Crippen molar-refractivity contribution < 1.29 is 13.9 Å². The van der Waals surface area contributed by atoms with Gasteiger partial charge < -0.3 is 10.1 Å². The third-order valence-electron chi connectivity index (χ3n) is 3.00. The Morgan fingerprint density at radius 2 is 2.17 bits per heavy atom. The van der Waals surface area contributed by atoms with Crippen LogP contribution in [0.15, 0.2) is 53.3 Å². The molecule has 1 amide bonds. The number of nitrogens with zero attached hydrogens (tertiary/aromatic N) is 4. The average Bonchev–Trinajstić information content (AvgIpc) is 3.09. The Balaban J connectivity index is 1.62. The molecule has 0 atom stereocenters. The summed E-state index contributed by atoms with van der Waals surface area (Å²) in [5, 5.41) is 13.6. The van der Waals surface area contributed by atoms with Crippen molar-refractivity contribution in [1.29, 1.82) is 0 Å². The zero-order chi connectivity index (χ0) is 16.9. The monoisotopic (exact) mass is 391 g/mol. The second-order valence-corrected chi connectivity index (χ2v) is 5.57. The maximum Gasteiger partial charge on any atom is 0.262 e. The van der Waals surface area contributed by atoms with Crippen LogP contribution in [0.2, 0.25) is 0 Å². The summed E-state index contributed by atoms with van der Waals surface area (Å²) in [5.74, 6) is -0.354. The Morgan fingerprint density at radius 1 is 1.29 bits per heavy atom. The maximum absolute atomic E-state index is 13.0. The van der Waals surface area contributed by atoms with Crippen LogP contribution in [-0.4, -0.2) is 32.7 Å². The van der Waals surface area contributed by atoms with Crippen molar-refractivity contribution in [3.63, 3.8) is 0 Å². The van der Waals surface area contributed by atoms with Gasteiger partial charge >= 0.3 is 0 Å². The van der Waals surface area contributed by atoms with Crippen LogP contribution >= 0.6 is 15.9 Å². The van der Waals surface area contributed by atoms with Gasteiger partial charge in [-0.05, 0) is 62.8 Å². The number of nitrogens with one attached hydrogen (secondary N) is 1. The SMILES string of the molecule is O=C(COc1ccc(F)cc1Br)Nc1cccc(-n2cnnn2)c1. The van der Waals surface area contributed by atoms with Crippen molar-refractivity contribution in [3.05, 3.63) is 59.1 Å². The number of carbonyl (C=O) groups excluding carboxylic acids is 1. The summed E-state index contributed by atoms with van der Waals surface area (Å²) in [6.07, 6.45) is 1.45. The van der Waals surface area contributed by atoms with Gasteiger partial charge in [-0.1, -0.05) is 6.07 Å². The van der Waals surface area contributed by atoms with Gasteiger partial charge in [-0.2, -0.15) is 0 Å². The Hall–Kier alpha value is -2.81. The lowest BCUT2D eigenvalue weighted by Crippen LogP contribution is -2.20. The van der Waals surface area contributed by atoms with E-state index in [2.05, 4.69) is 36.8 Å². The molecular formula is C15H11BrFN5O2. The molecule has 3 aromatic rings. The molecule has 0 fully saturated rings. The highest BCUT2D eigenvalue weighted by atomic mass is 79.9. The van der Waals surface area contributed by atoms with Crippen LogP contribution in [0.3, 0.4) is 0 Å². The van der Waals surface area contributed by atoms with Gasteiger partial charge in [0, 0.05) is 5.69 Å². The molecule has 7 nitrogen and oxygen atoms in total. The second kappa shape index (κ2) is 7.18. The fraction of sp³-hybridized carbons (Fsp3) is 0.0667. The minimum absolute atomic E-state index is 0.209. The molecule has 0 aliphatic carbocycles. The third-order valence-corrected chi connectivity index (χ3v) is 3.62. The van der Waals surface area contributed by atoms with Gasteiger partial charge in [0.2, 0.25) is 0 Å². The largest absolute Gasteiger partial charge is 0.483 e. The van der Waals surface area contributed by atoms with Crippen molar-refractivity contribution in [2.45, 2.75) is 0 Å². The van der Waals surface area contributed by atoms with Crippen LogP contribution < -0.4 is 10.1 Å². The maximum atomic E-state index is 13.0. The minimum atomic E-state index is -0.391. The summed E-state index contributed by atoms with van der Waals surface area (Å²) in [5.41, 5.74) is 1.29. The Labute approximate surface area is 144 Å². The first-order valence-corrected chi connectivity index (χ1v) is 7.62. The van der Waals surface area contributed by atoms with Gasteiger partial charge in [0.25, 0.3) is 5.91 Å². The summed E-state index contributed by atoms with van der Waals surface area (Å²) in [6.45, 7) is -0.209. The number of hydrogen-bond acceptors (Lipinski definition) is 5. The van der Waals surface area contributed by atoms with E-state index in [9.17, 15) is 9.18 Å². The minimum Gasteiger partial charge on any atom is -0.483 e. The van der Waals surface area contributed by atoms with E-state index in [1.165, 1.54) is 29.2 Å². The molecule has 0 aliphatic rings. The molecule has 3 rings (SSSR count). The fourth-order valence-electron chi connectivity index (χ4n) is 1.94. The van der Waals surface area contributed by atoms with E-state index in [1.54, 1.807) is 24.3 Å². The highest BCUT2D eigenvalue weighted by Crippen LogP contribution is 2.25. The van der Waals surface area contributed by atoms with Gasteiger partial charge in [-0.15, -0.1) is 5.10 Å². The molecule has 0 saturated heterocycles. The highest BCUT2D eigenvalue weighted by Gasteiger charge is 2.08. The van der Waals surface area contributed by atoms with E-state index in [1.807, 2.05) is 0 Å². The third kappa shape index (κ3) is 3.93. The zero-order valence-corrected chi connectivity index (χ0v) is 13.8. The van der Waals surface area contributed by atoms with Crippen LogP contribution in [0.5, 0.6) is 5.75 Å². The number of amides is 1. The molecule has 0 saturated carbocycles. The smallest absolute Gasteiger partial charge is 0.262 e. The number of benzene rings is 2. The summed E-state index contributed by atoms with van der Waals surface area (Å²) in [7, 11) is 0. The van der Waals surface area contributed by atoms with E-state index in [4.69, 9.17) is 4.74 Å². The first-order chi connectivity index (χ1) is 11.6. The van der Waals surface area contributed by atoms with Crippen molar-refractivity contribution in [1.82, 2.24) is 20.2 Å². The Morgan fingerprint density at radius 3 is 2.92 bits per heavy atom. The molecule has 122 valence electrons. The summed E-state index contributed by atoms with van der Waals surface area (Å²) < 4.78 is 20.3. The highest BCUT2D eigenvalue weighted by molar-refractivity contribution is 9.10. The van der Waals surface area contributed by atoms with Crippen molar-refractivity contribution >= 4 is 27.5 Å². The molecule has 24 heavy (non-hydrogen) atoms. The van der Waals surface area contributed by atoms with Crippen molar-refractivity contribution in [3.8, 4) is 11.4 Å². The van der Waals surface area contributed by atoms with E-state index in [0.29, 0.717) is 21.6 Å². The van der Waals surface area contributed by atoms with E-state index in [-0.39, 0.29) is 12.5 Å². The molecule has 9 heteroatoms. The number of aromatic nitrogens is 4. The number of halogens is 2. The van der Waals surface area contributed by atoms with E-state index >= 15 is 0 Å². The van der Waals surface area contributed by atoms with E-state index < -0.39 is 5.82 Å². The predicted molar refractivity (Wildman–Crippen MR) is 87.4 cm³/mol. The Bertz CT molecular complexity index is 857. The Kier molecular flexibility index (Phi) is 4.80.